The van der Waals surface area contributed by atoms with Crippen LogP contribution in [0.1, 0.15) is 37.7 Å². The van der Waals surface area contributed by atoms with E-state index < -0.39 is 11.9 Å². The van der Waals surface area contributed by atoms with Gasteiger partial charge in [0.25, 0.3) is 0 Å². The Hall–Kier alpha value is -2.37. The fraction of sp³-hybridized carbons (Fsp3) is 0.550. The first-order valence-corrected chi connectivity index (χ1v) is 9.39. The molecule has 1 aliphatic heterocycles. The summed E-state index contributed by atoms with van der Waals surface area (Å²) in [5.74, 6) is -1.65. The van der Waals surface area contributed by atoms with Crippen LogP contribution in [0, 0.1) is 11.8 Å². The van der Waals surface area contributed by atoms with Gasteiger partial charge in [-0.2, -0.15) is 0 Å². The minimum Gasteiger partial charge on any atom is -0.481 e. The third-order valence-electron chi connectivity index (χ3n) is 5.50. The molecule has 3 atom stereocenters. The zero-order valence-electron chi connectivity index (χ0n) is 14.9. The van der Waals surface area contributed by atoms with E-state index in [2.05, 4.69) is 5.32 Å². The Morgan fingerprint density at radius 3 is 2.58 bits per heavy atom. The minimum absolute atomic E-state index is 0.0398. The highest BCUT2D eigenvalue weighted by molar-refractivity contribution is 5.83. The molecule has 2 aliphatic rings. The lowest BCUT2D eigenvalue weighted by Crippen LogP contribution is -2.49. The van der Waals surface area contributed by atoms with Crippen molar-refractivity contribution in [2.24, 2.45) is 11.8 Å². The van der Waals surface area contributed by atoms with Crippen molar-refractivity contribution >= 4 is 17.8 Å². The van der Waals surface area contributed by atoms with Crippen LogP contribution in [-0.4, -0.2) is 46.9 Å². The van der Waals surface area contributed by atoms with E-state index in [9.17, 15) is 19.5 Å². The molecule has 1 aromatic carbocycles. The van der Waals surface area contributed by atoms with Crippen molar-refractivity contribution in [3.8, 4) is 0 Å². The summed E-state index contributed by atoms with van der Waals surface area (Å²) in [5, 5.41) is 12.2. The second-order valence-electron chi connectivity index (χ2n) is 7.33. The number of likely N-dealkylation sites (tertiary alicyclic amines) is 1. The lowest BCUT2D eigenvalue weighted by Gasteiger charge is -2.33. The van der Waals surface area contributed by atoms with Crippen molar-refractivity contribution < 1.29 is 19.5 Å². The number of carboxylic acid groups (broad SMARTS) is 1. The highest BCUT2D eigenvalue weighted by Crippen LogP contribution is 2.27. The largest absolute Gasteiger partial charge is 0.481 e. The predicted octanol–water partition coefficient (Wildman–Crippen LogP) is 1.84. The van der Waals surface area contributed by atoms with Gasteiger partial charge < -0.3 is 15.3 Å². The van der Waals surface area contributed by atoms with Gasteiger partial charge in [-0.25, -0.2) is 0 Å². The Morgan fingerprint density at radius 1 is 1.08 bits per heavy atom. The number of nitrogens with one attached hydrogen (secondary N) is 1. The van der Waals surface area contributed by atoms with Crippen molar-refractivity contribution in [2.75, 3.05) is 13.1 Å². The summed E-state index contributed by atoms with van der Waals surface area (Å²) in [7, 11) is 0. The van der Waals surface area contributed by atoms with E-state index in [1.165, 1.54) is 0 Å². The van der Waals surface area contributed by atoms with Gasteiger partial charge in [-0.05, 0) is 31.2 Å². The molecular weight excluding hydrogens is 332 g/mol. The smallest absolute Gasteiger partial charge is 0.308 e. The summed E-state index contributed by atoms with van der Waals surface area (Å²) in [6, 6.07) is 9.32. The highest BCUT2D eigenvalue weighted by atomic mass is 16.4. The Balaban J connectivity index is 1.55. The molecule has 26 heavy (non-hydrogen) atoms. The molecule has 2 fully saturated rings. The molecule has 1 saturated heterocycles. The average Bonchev–Trinajstić information content (AvgIpc) is 3.11. The molecule has 1 aromatic rings. The third kappa shape index (κ3) is 4.42. The van der Waals surface area contributed by atoms with Gasteiger partial charge >= 0.3 is 5.97 Å². The molecule has 3 rings (SSSR count). The van der Waals surface area contributed by atoms with E-state index >= 15 is 0 Å². The van der Waals surface area contributed by atoms with Crippen molar-refractivity contribution in [2.45, 2.75) is 44.6 Å². The van der Waals surface area contributed by atoms with Gasteiger partial charge in [-0.15, -0.1) is 0 Å². The molecule has 1 aliphatic carbocycles. The number of carbonyl (C=O) groups excluding carboxylic acids is 2. The fourth-order valence-corrected chi connectivity index (χ4v) is 4.03. The van der Waals surface area contributed by atoms with Crippen LogP contribution in [0.25, 0.3) is 0 Å². The first-order valence-electron chi connectivity index (χ1n) is 9.39. The Bertz CT molecular complexity index is 661. The summed E-state index contributed by atoms with van der Waals surface area (Å²) in [5.41, 5.74) is 0.972. The summed E-state index contributed by atoms with van der Waals surface area (Å²) < 4.78 is 0. The van der Waals surface area contributed by atoms with E-state index in [0.717, 1.165) is 24.8 Å². The van der Waals surface area contributed by atoms with Crippen LogP contribution < -0.4 is 5.32 Å². The molecule has 0 bridgehead atoms. The molecule has 6 heteroatoms. The van der Waals surface area contributed by atoms with E-state index in [0.29, 0.717) is 32.4 Å². The summed E-state index contributed by atoms with van der Waals surface area (Å²) in [6.07, 6.45) is 4.04. The molecule has 1 heterocycles. The van der Waals surface area contributed by atoms with Crippen LogP contribution in [0.3, 0.4) is 0 Å². The summed E-state index contributed by atoms with van der Waals surface area (Å²) in [6.45, 7) is 1.10. The number of hydrogen-bond acceptors (Lipinski definition) is 3. The van der Waals surface area contributed by atoms with Gasteiger partial charge in [0.2, 0.25) is 11.8 Å². The van der Waals surface area contributed by atoms with Crippen LogP contribution in [0.15, 0.2) is 30.3 Å². The second kappa shape index (κ2) is 8.34. The van der Waals surface area contributed by atoms with Crippen LogP contribution >= 0.6 is 0 Å². The maximum atomic E-state index is 12.6. The van der Waals surface area contributed by atoms with E-state index in [-0.39, 0.29) is 23.8 Å². The molecule has 1 saturated carbocycles. The maximum absolute atomic E-state index is 12.6. The normalized spacial score (nSPS) is 25.7. The molecule has 6 nitrogen and oxygen atoms in total. The molecule has 0 aromatic heterocycles. The summed E-state index contributed by atoms with van der Waals surface area (Å²) >= 11 is 0. The lowest BCUT2D eigenvalue weighted by atomic mass is 9.95. The topological polar surface area (TPSA) is 86.7 Å². The fourth-order valence-electron chi connectivity index (χ4n) is 4.03. The quantitative estimate of drug-likeness (QED) is 0.841. The van der Waals surface area contributed by atoms with Crippen LogP contribution in [0.4, 0.5) is 0 Å². The number of amides is 2. The molecule has 0 spiro atoms. The SMILES string of the molecule is O=C(N[C@H]1CCC[C@H]1C(=O)O)C1CCCN(C(=O)Cc2ccccc2)C1. The van der Waals surface area contributed by atoms with E-state index in [1.54, 1.807) is 4.90 Å². The number of rotatable bonds is 5. The van der Waals surface area contributed by atoms with Crippen LogP contribution in [-0.2, 0) is 20.8 Å². The minimum atomic E-state index is -0.837. The van der Waals surface area contributed by atoms with E-state index in [1.807, 2.05) is 30.3 Å². The number of hydrogen-bond donors (Lipinski definition) is 2. The predicted molar refractivity (Wildman–Crippen MR) is 96.4 cm³/mol. The maximum Gasteiger partial charge on any atom is 0.308 e. The standard InChI is InChI=1S/C20H26N2O4/c23-18(12-14-6-2-1-3-7-14)22-11-5-8-15(13-22)19(24)21-17-10-4-9-16(17)20(25)26/h1-3,6-7,15-17H,4-5,8-13H2,(H,21,24)(H,25,26)/t15?,16-,17+/m1/s1. The first kappa shape index (κ1) is 18.4. The molecule has 1 unspecified atom stereocenters. The molecule has 0 radical (unpaired) electrons. The second-order valence-corrected chi connectivity index (χ2v) is 7.33. The number of benzene rings is 1. The van der Waals surface area contributed by atoms with Crippen molar-refractivity contribution in [3.63, 3.8) is 0 Å². The Labute approximate surface area is 153 Å². The van der Waals surface area contributed by atoms with Gasteiger partial charge in [0.05, 0.1) is 18.3 Å². The number of carbonyl (C=O) groups is 3. The van der Waals surface area contributed by atoms with Gasteiger partial charge in [0.1, 0.15) is 0 Å². The number of piperidine rings is 1. The highest BCUT2D eigenvalue weighted by Gasteiger charge is 2.36. The zero-order valence-corrected chi connectivity index (χ0v) is 14.9. The molecule has 140 valence electrons. The summed E-state index contributed by atoms with van der Waals surface area (Å²) in [4.78, 5) is 38.2. The van der Waals surface area contributed by atoms with Gasteiger partial charge in [-0.1, -0.05) is 36.8 Å². The lowest BCUT2D eigenvalue weighted by molar-refractivity contribution is -0.142. The number of nitrogens with zero attached hydrogens (tertiary/aromatic N) is 1. The molecular formula is C20H26N2O4. The molecule has 2 amide bonds. The van der Waals surface area contributed by atoms with Crippen molar-refractivity contribution in [1.29, 1.82) is 0 Å². The first-order chi connectivity index (χ1) is 12.5. The van der Waals surface area contributed by atoms with Crippen LogP contribution in [0.5, 0.6) is 0 Å². The van der Waals surface area contributed by atoms with Crippen molar-refractivity contribution in [1.82, 2.24) is 10.2 Å². The third-order valence-corrected chi connectivity index (χ3v) is 5.50. The van der Waals surface area contributed by atoms with Gasteiger partial charge in [0.15, 0.2) is 0 Å². The van der Waals surface area contributed by atoms with Gasteiger partial charge in [-0.3, -0.25) is 14.4 Å². The van der Waals surface area contributed by atoms with E-state index in [4.69, 9.17) is 0 Å². The average molecular weight is 358 g/mol. The number of aliphatic carboxylic acids is 1. The zero-order chi connectivity index (χ0) is 18.5. The Kier molecular flexibility index (Phi) is 5.91. The Morgan fingerprint density at radius 2 is 1.85 bits per heavy atom. The van der Waals surface area contributed by atoms with Gasteiger partial charge in [0, 0.05) is 19.1 Å². The van der Waals surface area contributed by atoms with Crippen molar-refractivity contribution in [3.05, 3.63) is 35.9 Å². The van der Waals surface area contributed by atoms with Crippen LogP contribution in [0.2, 0.25) is 0 Å². The molecule has 2 N–H and O–H groups in total. The number of carboxylic acids is 1. The monoisotopic (exact) mass is 358 g/mol.